The summed E-state index contributed by atoms with van der Waals surface area (Å²) in [5.74, 6) is -2.71. The highest BCUT2D eigenvalue weighted by Crippen LogP contribution is 2.04. The number of amides is 1. The lowest BCUT2D eigenvalue weighted by molar-refractivity contribution is -0.185. The molecular weight excluding hydrogens is 177 g/mol. The van der Waals surface area contributed by atoms with Crippen molar-refractivity contribution >= 4 is 17.6 Å². The maximum absolute atomic E-state index is 11.2. The van der Waals surface area contributed by atoms with Crippen molar-refractivity contribution in [3.05, 3.63) is 30.3 Å². The van der Waals surface area contributed by atoms with Crippen LogP contribution in [-0.2, 0) is 14.5 Å². The maximum atomic E-state index is 11.2. The molecule has 0 saturated heterocycles. The first-order valence-electron chi connectivity index (χ1n) is 3.43. The molecule has 0 aliphatic rings. The van der Waals surface area contributed by atoms with Gasteiger partial charge in [-0.2, -0.15) is 0 Å². The largest absolute Gasteiger partial charge is 0.436 e. The molecule has 13 heavy (non-hydrogen) atoms. The number of hydrogen-bond donors (Lipinski definition) is 1. The minimum atomic E-state index is -1.57. The molecule has 0 unspecified atom stereocenters. The first-order chi connectivity index (χ1) is 6.24. The molecule has 0 aliphatic carbocycles. The predicted octanol–water partition coefficient (Wildman–Crippen LogP) is 1.05. The predicted molar refractivity (Wildman–Crippen MR) is 42.3 cm³/mol. The van der Waals surface area contributed by atoms with Crippen molar-refractivity contribution in [1.82, 2.24) is 0 Å². The Morgan fingerprint density at radius 1 is 1.23 bits per heavy atom. The minimum absolute atomic E-state index is 0.401. The van der Waals surface area contributed by atoms with E-state index in [9.17, 15) is 14.1 Å². The van der Waals surface area contributed by atoms with Crippen molar-refractivity contribution in [2.75, 3.05) is 5.32 Å². The van der Waals surface area contributed by atoms with Crippen LogP contribution in [0.25, 0.3) is 0 Å². The van der Waals surface area contributed by atoms with Crippen molar-refractivity contribution in [1.29, 1.82) is 0 Å². The molecule has 0 spiro atoms. The van der Waals surface area contributed by atoms with E-state index in [2.05, 4.69) is 10.3 Å². The van der Waals surface area contributed by atoms with Gasteiger partial charge in [-0.25, -0.2) is 9.74 Å². The zero-order chi connectivity index (χ0) is 9.68. The molecule has 0 radical (unpaired) electrons. The molecule has 0 saturated carbocycles. The monoisotopic (exact) mass is 183 g/mol. The first kappa shape index (κ1) is 9.18. The summed E-state index contributed by atoms with van der Waals surface area (Å²) in [6.45, 7) is 0. The van der Waals surface area contributed by atoms with E-state index in [-0.39, 0.29) is 0 Å². The van der Waals surface area contributed by atoms with E-state index in [1.807, 2.05) is 0 Å². The second-order valence-corrected chi connectivity index (χ2v) is 2.18. The van der Waals surface area contributed by atoms with Crippen LogP contribution in [0.4, 0.5) is 10.2 Å². The van der Waals surface area contributed by atoms with Crippen LogP contribution in [0.15, 0.2) is 30.3 Å². The third-order valence-corrected chi connectivity index (χ3v) is 1.29. The smallest absolute Gasteiger partial charge is 0.316 e. The van der Waals surface area contributed by atoms with Crippen molar-refractivity contribution in [3.8, 4) is 0 Å². The number of halogens is 1. The Kier molecular flexibility index (Phi) is 2.97. The summed E-state index contributed by atoms with van der Waals surface area (Å²) in [5.41, 5.74) is 0.401. The van der Waals surface area contributed by atoms with Crippen LogP contribution in [0.1, 0.15) is 0 Å². The van der Waals surface area contributed by atoms with Crippen molar-refractivity contribution < 1.29 is 19.1 Å². The zero-order valence-electron chi connectivity index (χ0n) is 6.49. The van der Waals surface area contributed by atoms with E-state index < -0.39 is 11.9 Å². The summed E-state index contributed by atoms with van der Waals surface area (Å²) in [7, 11) is 0. The van der Waals surface area contributed by atoms with E-state index in [4.69, 9.17) is 0 Å². The summed E-state index contributed by atoms with van der Waals surface area (Å²) in [6, 6.07) is 8.18. The molecule has 0 heterocycles. The molecule has 1 N–H and O–H groups in total. The highest BCUT2D eigenvalue weighted by atomic mass is 19.3. The Hall–Kier alpha value is -1.91. The standard InChI is InChI=1S/C8H6FNO3/c9-13-8(12)7(11)10-6-4-2-1-3-5-6/h1-5H,(H,10,11). The van der Waals surface area contributed by atoms with Crippen LogP contribution in [0.3, 0.4) is 0 Å². The number of nitrogens with one attached hydrogen (secondary N) is 1. The lowest BCUT2D eigenvalue weighted by Crippen LogP contribution is -2.22. The average molecular weight is 183 g/mol. The van der Waals surface area contributed by atoms with Gasteiger partial charge < -0.3 is 5.32 Å². The normalized spacial score (nSPS) is 9.00. The van der Waals surface area contributed by atoms with Crippen LogP contribution >= 0.6 is 0 Å². The number of hydrogen-bond acceptors (Lipinski definition) is 3. The molecule has 0 atom stereocenters. The second kappa shape index (κ2) is 4.20. The molecule has 0 aliphatic heterocycles. The SMILES string of the molecule is O=C(Nc1ccccc1)C(=O)OF. The molecule has 1 rings (SSSR count). The van der Waals surface area contributed by atoms with Gasteiger partial charge >= 0.3 is 11.9 Å². The molecule has 0 bridgehead atoms. The van der Waals surface area contributed by atoms with Gasteiger partial charge in [0.15, 0.2) is 0 Å². The number of benzene rings is 1. The van der Waals surface area contributed by atoms with Gasteiger partial charge in [-0.3, -0.25) is 4.79 Å². The van der Waals surface area contributed by atoms with Crippen LogP contribution in [-0.4, -0.2) is 11.9 Å². The fourth-order valence-electron chi connectivity index (χ4n) is 0.739. The van der Waals surface area contributed by atoms with Gasteiger partial charge in [0.2, 0.25) is 0 Å². The molecular formula is C8H6FNO3. The molecule has 1 aromatic carbocycles. The van der Waals surface area contributed by atoms with Crippen LogP contribution in [0, 0.1) is 0 Å². The summed E-state index contributed by atoms with van der Waals surface area (Å²) in [4.78, 5) is 23.8. The van der Waals surface area contributed by atoms with E-state index >= 15 is 0 Å². The van der Waals surface area contributed by atoms with Crippen LogP contribution in [0.5, 0.6) is 0 Å². The Morgan fingerprint density at radius 3 is 2.38 bits per heavy atom. The lowest BCUT2D eigenvalue weighted by Gasteiger charge is -1.99. The maximum Gasteiger partial charge on any atom is 0.436 e. The number of para-hydroxylation sites is 1. The highest BCUT2D eigenvalue weighted by molar-refractivity contribution is 6.37. The van der Waals surface area contributed by atoms with E-state index in [0.29, 0.717) is 5.69 Å². The van der Waals surface area contributed by atoms with E-state index in [1.54, 1.807) is 30.3 Å². The minimum Gasteiger partial charge on any atom is -0.316 e. The summed E-state index contributed by atoms with van der Waals surface area (Å²) < 4.78 is 11.2. The summed E-state index contributed by atoms with van der Waals surface area (Å²) >= 11 is 0. The summed E-state index contributed by atoms with van der Waals surface area (Å²) in [6.07, 6.45) is 0. The topological polar surface area (TPSA) is 55.4 Å². The van der Waals surface area contributed by atoms with Gasteiger partial charge in [0, 0.05) is 10.2 Å². The van der Waals surface area contributed by atoms with Crippen molar-refractivity contribution in [2.24, 2.45) is 0 Å². The van der Waals surface area contributed by atoms with Gasteiger partial charge in [-0.15, -0.1) is 0 Å². The Labute approximate surface area is 73.2 Å². The van der Waals surface area contributed by atoms with Crippen LogP contribution in [0.2, 0.25) is 0 Å². The van der Waals surface area contributed by atoms with Gasteiger partial charge in [-0.05, 0) is 12.1 Å². The number of carbonyl (C=O) groups excluding carboxylic acids is 2. The third kappa shape index (κ3) is 2.55. The van der Waals surface area contributed by atoms with Crippen molar-refractivity contribution in [2.45, 2.75) is 0 Å². The quantitative estimate of drug-likeness (QED) is 0.662. The Bertz CT molecular complexity index is 312. The lowest BCUT2D eigenvalue weighted by atomic mass is 10.3. The van der Waals surface area contributed by atoms with Gasteiger partial charge in [0.05, 0.1) is 0 Å². The molecule has 4 nitrogen and oxygen atoms in total. The van der Waals surface area contributed by atoms with Gasteiger partial charge in [0.25, 0.3) is 0 Å². The molecule has 5 heteroatoms. The number of anilines is 1. The van der Waals surface area contributed by atoms with Gasteiger partial charge in [-0.1, -0.05) is 18.2 Å². The number of carbonyl (C=O) groups is 2. The molecule has 68 valence electrons. The molecule has 1 amide bonds. The second-order valence-electron chi connectivity index (χ2n) is 2.18. The van der Waals surface area contributed by atoms with Crippen molar-refractivity contribution in [3.63, 3.8) is 0 Å². The van der Waals surface area contributed by atoms with E-state index in [0.717, 1.165) is 0 Å². The molecule has 1 aromatic rings. The number of rotatable bonds is 1. The fourth-order valence-corrected chi connectivity index (χ4v) is 0.739. The average Bonchev–Trinajstić information content (AvgIpc) is 2.18. The van der Waals surface area contributed by atoms with E-state index in [1.165, 1.54) is 0 Å². The first-order valence-corrected chi connectivity index (χ1v) is 3.43. The highest BCUT2D eigenvalue weighted by Gasteiger charge is 2.15. The van der Waals surface area contributed by atoms with Gasteiger partial charge in [0.1, 0.15) is 0 Å². The Morgan fingerprint density at radius 2 is 1.85 bits per heavy atom. The third-order valence-electron chi connectivity index (χ3n) is 1.29. The molecule has 0 aromatic heterocycles. The van der Waals surface area contributed by atoms with Crippen LogP contribution < -0.4 is 5.32 Å². The zero-order valence-corrected chi connectivity index (χ0v) is 6.49. The fraction of sp³-hybridized carbons (Fsp3) is 0. The Balaban J connectivity index is 2.60. The molecule has 0 fully saturated rings. The summed E-state index contributed by atoms with van der Waals surface area (Å²) in [5, 5.41) is 2.14.